The Hall–Kier alpha value is -0.890. The number of Topliss-reactive ketones (excluding diaryl/α,β-unsaturated/α-hetero) is 1. The maximum Gasteiger partial charge on any atom is 0.159 e. The Morgan fingerprint density at radius 3 is 2.47 bits per heavy atom. The van der Waals surface area contributed by atoms with Gasteiger partial charge >= 0.3 is 0 Å². The number of ketones is 1. The van der Waals surface area contributed by atoms with Gasteiger partial charge in [-0.1, -0.05) is 59.3 Å². The monoisotopic (exact) mass is 412 g/mol. The van der Waals surface area contributed by atoms with Crippen LogP contribution in [0.3, 0.4) is 0 Å². The van der Waals surface area contributed by atoms with Crippen LogP contribution >= 0.6 is 0 Å². The summed E-state index contributed by atoms with van der Waals surface area (Å²) in [5.74, 6) is 3.81. The first-order valence-electron chi connectivity index (χ1n) is 12.7. The Labute approximate surface area is 184 Å². The zero-order valence-corrected chi connectivity index (χ0v) is 20.2. The Morgan fingerprint density at radius 2 is 1.77 bits per heavy atom. The molecule has 0 bridgehead atoms. The second-order valence-electron chi connectivity index (χ2n) is 12.2. The van der Waals surface area contributed by atoms with Crippen molar-refractivity contribution in [3.63, 3.8) is 0 Å². The highest BCUT2D eigenvalue weighted by atomic mass is 16.3. The molecule has 0 amide bonds. The summed E-state index contributed by atoms with van der Waals surface area (Å²) >= 11 is 0. The summed E-state index contributed by atoms with van der Waals surface area (Å²) in [6, 6.07) is 0. The molecule has 8 unspecified atom stereocenters. The fraction of sp³-hybridized carbons (Fsp3) is 0.821. The molecule has 0 aromatic rings. The molecule has 2 saturated carbocycles. The summed E-state index contributed by atoms with van der Waals surface area (Å²) in [4.78, 5) is 13.4. The van der Waals surface area contributed by atoms with E-state index in [1.165, 1.54) is 30.4 Å². The minimum Gasteiger partial charge on any atom is -0.393 e. The average molecular weight is 413 g/mol. The van der Waals surface area contributed by atoms with Crippen LogP contribution in [0.4, 0.5) is 0 Å². The van der Waals surface area contributed by atoms with Crippen LogP contribution in [0, 0.1) is 46.3 Å². The Bertz CT molecular complexity index is 746. The molecule has 1 N–H and O–H groups in total. The molecule has 4 aliphatic carbocycles. The predicted molar refractivity (Wildman–Crippen MR) is 124 cm³/mol. The van der Waals surface area contributed by atoms with Gasteiger partial charge in [-0.2, -0.15) is 0 Å². The molecule has 0 saturated heterocycles. The summed E-state index contributed by atoms with van der Waals surface area (Å²) in [6.07, 6.45) is 12.9. The van der Waals surface area contributed by atoms with E-state index in [1.807, 2.05) is 0 Å². The van der Waals surface area contributed by atoms with Crippen molar-refractivity contribution in [1.82, 2.24) is 0 Å². The number of hydrogen-bond acceptors (Lipinski definition) is 2. The van der Waals surface area contributed by atoms with Crippen molar-refractivity contribution < 1.29 is 9.90 Å². The molecule has 30 heavy (non-hydrogen) atoms. The molecule has 0 aromatic carbocycles. The van der Waals surface area contributed by atoms with Gasteiger partial charge in [0, 0.05) is 6.42 Å². The van der Waals surface area contributed by atoms with E-state index in [0.29, 0.717) is 47.7 Å². The minimum atomic E-state index is -0.205. The van der Waals surface area contributed by atoms with E-state index in [-0.39, 0.29) is 16.9 Å². The summed E-state index contributed by atoms with van der Waals surface area (Å²) in [5, 5.41) is 10.2. The minimum absolute atomic E-state index is 0.153. The van der Waals surface area contributed by atoms with Gasteiger partial charge in [0.1, 0.15) is 0 Å². The zero-order chi connectivity index (χ0) is 21.8. The SMILES string of the molecule is CC(C)C(C)C=CC(C)C1CCC2C3=C(CCC21C)C1(C)CCC(O)CC1CC3=O. The Balaban J connectivity index is 1.62. The van der Waals surface area contributed by atoms with E-state index < -0.39 is 0 Å². The summed E-state index contributed by atoms with van der Waals surface area (Å²) in [5.41, 5.74) is 3.18. The predicted octanol–water partition coefficient (Wildman–Crippen LogP) is 6.73. The molecule has 8 atom stereocenters. The smallest absolute Gasteiger partial charge is 0.159 e. The van der Waals surface area contributed by atoms with Crippen LogP contribution in [-0.4, -0.2) is 17.0 Å². The molecule has 4 aliphatic rings. The fourth-order valence-electron chi connectivity index (χ4n) is 7.78. The molecule has 0 spiro atoms. The number of aliphatic hydroxyl groups excluding tert-OH is 1. The molecule has 2 fully saturated rings. The number of carbonyl (C=O) groups excluding carboxylic acids is 1. The molecular weight excluding hydrogens is 368 g/mol. The maximum atomic E-state index is 13.4. The lowest BCUT2D eigenvalue weighted by molar-refractivity contribution is -0.121. The Kier molecular flexibility index (Phi) is 5.88. The van der Waals surface area contributed by atoms with Gasteiger partial charge in [-0.3, -0.25) is 4.79 Å². The molecule has 2 nitrogen and oxygen atoms in total. The van der Waals surface area contributed by atoms with Crippen LogP contribution in [0.5, 0.6) is 0 Å². The highest BCUT2D eigenvalue weighted by Crippen LogP contribution is 2.65. The molecule has 0 heterocycles. The van der Waals surface area contributed by atoms with E-state index in [4.69, 9.17) is 0 Å². The van der Waals surface area contributed by atoms with Gasteiger partial charge in [-0.25, -0.2) is 0 Å². The van der Waals surface area contributed by atoms with E-state index in [9.17, 15) is 9.90 Å². The average Bonchev–Trinajstić information content (AvgIpc) is 3.04. The molecule has 0 radical (unpaired) electrons. The van der Waals surface area contributed by atoms with Crippen molar-refractivity contribution in [3.05, 3.63) is 23.3 Å². The van der Waals surface area contributed by atoms with Crippen LogP contribution in [0.2, 0.25) is 0 Å². The largest absolute Gasteiger partial charge is 0.393 e. The standard InChI is InChI=1S/C28H44O2/c1-17(2)18(3)7-8-19(4)22-9-10-23-26-24(12-14-28(22,23)6)27(5)13-11-21(29)15-20(27)16-25(26)30/h7-8,17-23,29H,9-16H2,1-6H3. The number of rotatable bonds is 4. The lowest BCUT2D eigenvalue weighted by Crippen LogP contribution is -2.48. The first-order valence-corrected chi connectivity index (χ1v) is 12.7. The first kappa shape index (κ1) is 22.3. The van der Waals surface area contributed by atoms with Gasteiger partial charge < -0.3 is 5.11 Å². The summed E-state index contributed by atoms with van der Waals surface area (Å²) in [7, 11) is 0. The number of fused-ring (bicyclic) bond motifs is 4. The van der Waals surface area contributed by atoms with E-state index in [2.05, 4.69) is 53.7 Å². The molecule has 2 heteroatoms. The number of allylic oxidation sites excluding steroid dienone is 4. The lowest BCUT2D eigenvalue weighted by Gasteiger charge is -2.54. The van der Waals surface area contributed by atoms with E-state index >= 15 is 0 Å². The first-order chi connectivity index (χ1) is 14.1. The highest BCUT2D eigenvalue weighted by molar-refractivity contribution is 5.98. The normalized spacial score (nSPS) is 43.5. The van der Waals surface area contributed by atoms with Gasteiger partial charge in [-0.05, 0) is 96.9 Å². The van der Waals surface area contributed by atoms with Crippen LogP contribution < -0.4 is 0 Å². The fourth-order valence-corrected chi connectivity index (χ4v) is 7.78. The molecule has 4 rings (SSSR count). The molecule has 0 aliphatic heterocycles. The van der Waals surface area contributed by atoms with Crippen LogP contribution in [-0.2, 0) is 4.79 Å². The van der Waals surface area contributed by atoms with Gasteiger partial charge in [0.2, 0.25) is 0 Å². The maximum absolute atomic E-state index is 13.4. The van der Waals surface area contributed by atoms with Crippen molar-refractivity contribution in [3.8, 4) is 0 Å². The highest BCUT2D eigenvalue weighted by Gasteiger charge is 2.57. The summed E-state index contributed by atoms with van der Waals surface area (Å²) in [6.45, 7) is 14.3. The van der Waals surface area contributed by atoms with Crippen LogP contribution in [0.15, 0.2) is 23.3 Å². The lowest BCUT2D eigenvalue weighted by atomic mass is 9.50. The third-order valence-corrected chi connectivity index (χ3v) is 10.3. The second-order valence-corrected chi connectivity index (χ2v) is 12.2. The van der Waals surface area contributed by atoms with Gasteiger partial charge in [0.15, 0.2) is 5.78 Å². The number of aliphatic hydroxyl groups is 1. The quantitative estimate of drug-likeness (QED) is 0.520. The van der Waals surface area contributed by atoms with Crippen molar-refractivity contribution in [2.75, 3.05) is 0 Å². The Morgan fingerprint density at radius 1 is 1.03 bits per heavy atom. The number of hydrogen-bond donors (Lipinski definition) is 1. The van der Waals surface area contributed by atoms with Crippen molar-refractivity contribution in [2.24, 2.45) is 46.3 Å². The van der Waals surface area contributed by atoms with Crippen LogP contribution in [0.1, 0.15) is 92.9 Å². The van der Waals surface area contributed by atoms with Crippen molar-refractivity contribution in [2.45, 2.75) is 99.0 Å². The topological polar surface area (TPSA) is 37.3 Å². The zero-order valence-electron chi connectivity index (χ0n) is 20.2. The molecule has 0 aromatic heterocycles. The number of carbonyl (C=O) groups is 1. The van der Waals surface area contributed by atoms with Crippen LogP contribution in [0.25, 0.3) is 0 Å². The van der Waals surface area contributed by atoms with Crippen molar-refractivity contribution >= 4 is 5.78 Å². The van der Waals surface area contributed by atoms with Gasteiger partial charge in [0.05, 0.1) is 6.10 Å². The van der Waals surface area contributed by atoms with Gasteiger partial charge in [0.25, 0.3) is 0 Å². The van der Waals surface area contributed by atoms with E-state index in [1.54, 1.807) is 0 Å². The molecular formula is C28H44O2. The van der Waals surface area contributed by atoms with Crippen molar-refractivity contribution in [1.29, 1.82) is 0 Å². The van der Waals surface area contributed by atoms with Gasteiger partial charge in [-0.15, -0.1) is 0 Å². The second kappa shape index (κ2) is 7.91. The summed E-state index contributed by atoms with van der Waals surface area (Å²) < 4.78 is 0. The third-order valence-electron chi connectivity index (χ3n) is 10.3. The van der Waals surface area contributed by atoms with E-state index in [0.717, 1.165) is 25.7 Å². The third kappa shape index (κ3) is 3.46. The molecule has 168 valence electrons.